The topological polar surface area (TPSA) is 171 Å². The first-order valence-electron chi connectivity index (χ1n) is 8.91. The van der Waals surface area contributed by atoms with Crippen LogP contribution in [0, 0.1) is 11.8 Å². The maximum absolute atomic E-state index is 12.5. The maximum Gasteiger partial charge on any atom is 0.326 e. The zero-order valence-electron chi connectivity index (χ0n) is 16.5. The summed E-state index contributed by atoms with van der Waals surface area (Å²) in [7, 11) is 0. The highest BCUT2D eigenvalue weighted by Gasteiger charge is 2.30. The number of carboxylic acid groups (broad SMARTS) is 1. The molecule has 0 aliphatic rings. The lowest BCUT2D eigenvalue weighted by Gasteiger charge is -2.25. The Kier molecular flexibility index (Phi) is 10.6. The molecule has 10 heteroatoms. The number of carbonyl (C=O) groups excluding carboxylic acids is 3. The Morgan fingerprint density at radius 2 is 1.33 bits per heavy atom. The molecule has 0 aromatic carbocycles. The van der Waals surface area contributed by atoms with Crippen molar-refractivity contribution in [3.63, 3.8) is 0 Å². The highest BCUT2D eigenvalue weighted by molar-refractivity contribution is 5.94. The molecule has 0 aliphatic carbocycles. The average Bonchev–Trinajstić information content (AvgIpc) is 2.54. The summed E-state index contributed by atoms with van der Waals surface area (Å²) in [5.74, 6) is -3.56. The monoisotopic (exact) mass is 388 g/mol. The van der Waals surface area contributed by atoms with Crippen LogP contribution in [-0.4, -0.2) is 64.7 Å². The van der Waals surface area contributed by atoms with Gasteiger partial charge in [0, 0.05) is 0 Å². The van der Waals surface area contributed by atoms with E-state index >= 15 is 0 Å². The summed E-state index contributed by atoms with van der Waals surface area (Å²) in [6.45, 7) is 7.70. The van der Waals surface area contributed by atoms with Crippen molar-refractivity contribution < 1.29 is 29.4 Å². The summed E-state index contributed by atoms with van der Waals surface area (Å²) in [4.78, 5) is 47.8. The van der Waals surface area contributed by atoms with Crippen molar-refractivity contribution >= 4 is 23.7 Å². The van der Waals surface area contributed by atoms with Crippen LogP contribution in [0.5, 0.6) is 0 Å². The molecule has 0 bridgehead atoms. The number of nitrogens with one attached hydrogen (secondary N) is 3. The van der Waals surface area contributed by atoms with Crippen molar-refractivity contribution in [2.75, 3.05) is 6.61 Å². The van der Waals surface area contributed by atoms with E-state index in [1.165, 1.54) is 6.92 Å². The molecule has 0 aliphatic heterocycles. The molecule has 0 radical (unpaired) electrons. The van der Waals surface area contributed by atoms with Crippen LogP contribution in [0.15, 0.2) is 0 Å². The lowest BCUT2D eigenvalue weighted by Crippen LogP contribution is -2.58. The van der Waals surface area contributed by atoms with Gasteiger partial charge in [0.1, 0.15) is 18.1 Å². The van der Waals surface area contributed by atoms with Crippen molar-refractivity contribution in [3.05, 3.63) is 0 Å². The van der Waals surface area contributed by atoms with Crippen molar-refractivity contribution in [3.8, 4) is 0 Å². The van der Waals surface area contributed by atoms with Gasteiger partial charge >= 0.3 is 5.97 Å². The highest BCUT2D eigenvalue weighted by atomic mass is 16.4. The molecule has 0 spiro atoms. The minimum atomic E-state index is -1.35. The molecule has 0 rings (SSSR count). The molecule has 0 aromatic rings. The molecule has 0 aromatic heterocycles. The van der Waals surface area contributed by atoms with Crippen molar-refractivity contribution in [2.45, 2.75) is 65.2 Å². The second-order valence-corrected chi connectivity index (χ2v) is 7.29. The molecule has 27 heavy (non-hydrogen) atoms. The van der Waals surface area contributed by atoms with Gasteiger partial charge in [-0.25, -0.2) is 4.79 Å². The number of amides is 3. The molecule has 10 nitrogen and oxygen atoms in total. The molecule has 4 atom stereocenters. The van der Waals surface area contributed by atoms with E-state index in [0.717, 1.165) is 0 Å². The number of carboxylic acids is 1. The minimum absolute atomic E-state index is 0.0628. The predicted molar refractivity (Wildman–Crippen MR) is 98.5 cm³/mol. The first kappa shape index (κ1) is 24.8. The van der Waals surface area contributed by atoms with Gasteiger partial charge < -0.3 is 31.9 Å². The van der Waals surface area contributed by atoms with Gasteiger partial charge in [-0.15, -0.1) is 0 Å². The van der Waals surface area contributed by atoms with Gasteiger partial charge in [0.05, 0.1) is 12.6 Å². The van der Waals surface area contributed by atoms with Crippen molar-refractivity contribution in [1.82, 2.24) is 16.0 Å². The second-order valence-electron chi connectivity index (χ2n) is 7.29. The highest BCUT2D eigenvalue weighted by Crippen LogP contribution is 2.06. The zero-order valence-corrected chi connectivity index (χ0v) is 16.5. The number of carbonyl (C=O) groups is 4. The third kappa shape index (κ3) is 8.83. The molecule has 0 saturated carbocycles. The van der Waals surface area contributed by atoms with Crippen LogP contribution in [0.4, 0.5) is 0 Å². The minimum Gasteiger partial charge on any atom is -0.480 e. The van der Waals surface area contributed by atoms with Crippen LogP contribution in [0.2, 0.25) is 0 Å². The SMILES string of the molecule is CC(C)CC(NC(=O)C(C)N)C(=O)NC(CO)C(=O)NC(C(=O)O)C(C)C. The molecular weight excluding hydrogens is 356 g/mol. The van der Waals surface area contributed by atoms with E-state index in [1.54, 1.807) is 13.8 Å². The Bertz CT molecular complexity index is 536. The first-order valence-corrected chi connectivity index (χ1v) is 8.91. The number of nitrogens with two attached hydrogens (primary N) is 1. The Morgan fingerprint density at radius 3 is 1.70 bits per heavy atom. The van der Waals surface area contributed by atoms with Crippen LogP contribution in [0.3, 0.4) is 0 Å². The number of aliphatic carboxylic acids is 1. The normalized spacial score (nSPS) is 15.6. The van der Waals surface area contributed by atoms with Gasteiger partial charge in [0.15, 0.2) is 0 Å². The fourth-order valence-electron chi connectivity index (χ4n) is 2.24. The Morgan fingerprint density at radius 1 is 0.852 bits per heavy atom. The summed E-state index contributed by atoms with van der Waals surface area (Å²) in [6, 6.07) is -4.26. The van der Waals surface area contributed by atoms with Crippen molar-refractivity contribution in [2.24, 2.45) is 17.6 Å². The summed E-state index contributed by atoms with van der Waals surface area (Å²) in [6.07, 6.45) is 0.299. The average molecular weight is 388 g/mol. The van der Waals surface area contributed by atoms with Gasteiger partial charge in [0.2, 0.25) is 17.7 Å². The fourth-order valence-corrected chi connectivity index (χ4v) is 2.24. The smallest absolute Gasteiger partial charge is 0.326 e. The molecule has 3 amide bonds. The van der Waals surface area contributed by atoms with Crippen molar-refractivity contribution in [1.29, 1.82) is 0 Å². The standard InChI is InChI=1S/C17H32N4O6/c1-8(2)6-11(19-14(23)10(5)18)15(24)20-12(7-22)16(25)21-13(9(3)4)17(26)27/h8-13,22H,6-7,18H2,1-5H3,(H,19,23)(H,20,24)(H,21,25)(H,26,27). The number of rotatable bonds is 11. The van der Waals surface area contributed by atoms with Crippen LogP contribution in [0.1, 0.15) is 41.0 Å². The van der Waals surface area contributed by atoms with Gasteiger partial charge in [-0.3, -0.25) is 14.4 Å². The largest absolute Gasteiger partial charge is 0.480 e. The van der Waals surface area contributed by atoms with Crippen LogP contribution >= 0.6 is 0 Å². The van der Waals surface area contributed by atoms with Gasteiger partial charge in [-0.2, -0.15) is 0 Å². The number of hydrogen-bond acceptors (Lipinski definition) is 6. The molecule has 0 saturated heterocycles. The Balaban J connectivity index is 5.15. The van der Waals surface area contributed by atoms with Crippen LogP contribution in [-0.2, 0) is 19.2 Å². The molecule has 0 fully saturated rings. The summed E-state index contributed by atoms with van der Waals surface area (Å²) >= 11 is 0. The lowest BCUT2D eigenvalue weighted by molar-refractivity contribution is -0.143. The molecule has 156 valence electrons. The van der Waals surface area contributed by atoms with Crippen LogP contribution < -0.4 is 21.7 Å². The van der Waals surface area contributed by atoms with E-state index in [1.807, 2.05) is 13.8 Å². The summed E-state index contributed by atoms with van der Waals surface area (Å²) in [5.41, 5.74) is 5.50. The lowest BCUT2D eigenvalue weighted by atomic mass is 10.0. The van der Waals surface area contributed by atoms with Gasteiger partial charge in [-0.05, 0) is 25.2 Å². The van der Waals surface area contributed by atoms with E-state index in [0.29, 0.717) is 6.42 Å². The summed E-state index contributed by atoms with van der Waals surface area (Å²) in [5, 5.41) is 25.7. The van der Waals surface area contributed by atoms with E-state index in [9.17, 15) is 24.3 Å². The van der Waals surface area contributed by atoms with E-state index < -0.39 is 54.5 Å². The van der Waals surface area contributed by atoms with Crippen LogP contribution in [0.25, 0.3) is 0 Å². The Labute approximate surface area is 159 Å². The number of aliphatic hydroxyl groups is 1. The Hall–Kier alpha value is -2.20. The molecule has 4 unspecified atom stereocenters. The van der Waals surface area contributed by atoms with E-state index in [-0.39, 0.29) is 11.8 Å². The second kappa shape index (κ2) is 11.5. The zero-order chi connectivity index (χ0) is 21.3. The van der Waals surface area contributed by atoms with E-state index in [4.69, 9.17) is 10.8 Å². The predicted octanol–water partition coefficient (Wildman–Crippen LogP) is -1.43. The molecule has 7 N–H and O–H groups in total. The fraction of sp³-hybridized carbons (Fsp3) is 0.765. The number of aliphatic hydroxyl groups excluding tert-OH is 1. The van der Waals surface area contributed by atoms with Gasteiger partial charge in [-0.1, -0.05) is 27.7 Å². The quantitative estimate of drug-likeness (QED) is 0.252. The third-order valence-electron chi connectivity index (χ3n) is 3.80. The number of hydrogen-bond donors (Lipinski definition) is 6. The van der Waals surface area contributed by atoms with Gasteiger partial charge in [0.25, 0.3) is 0 Å². The molecular formula is C17H32N4O6. The third-order valence-corrected chi connectivity index (χ3v) is 3.80. The first-order chi connectivity index (χ1) is 12.4. The van der Waals surface area contributed by atoms with E-state index in [2.05, 4.69) is 16.0 Å². The molecule has 0 heterocycles. The summed E-state index contributed by atoms with van der Waals surface area (Å²) < 4.78 is 0. The maximum atomic E-state index is 12.5.